The van der Waals surface area contributed by atoms with Gasteiger partial charge in [0.1, 0.15) is 0 Å². The first-order chi connectivity index (χ1) is 10.7. The topological polar surface area (TPSA) is 95.6 Å². The molecule has 0 aliphatic carbocycles. The van der Waals surface area contributed by atoms with Gasteiger partial charge in [0.25, 0.3) is 5.91 Å². The maximum Gasteiger partial charge on any atom is 0.251 e. The average Bonchev–Trinajstić information content (AvgIpc) is 2.50. The number of benzene rings is 1. The van der Waals surface area contributed by atoms with Crippen LogP contribution in [0.15, 0.2) is 29.2 Å². The second kappa shape index (κ2) is 8.64. The Morgan fingerprint density at radius 2 is 1.70 bits per heavy atom. The van der Waals surface area contributed by atoms with E-state index >= 15 is 0 Å². The third kappa shape index (κ3) is 5.99. The van der Waals surface area contributed by atoms with Gasteiger partial charge < -0.3 is 10.6 Å². The molecule has 2 amide bonds. The van der Waals surface area contributed by atoms with E-state index in [0.29, 0.717) is 18.7 Å². The van der Waals surface area contributed by atoms with Crippen LogP contribution in [0.25, 0.3) is 0 Å². The third-order valence-electron chi connectivity index (χ3n) is 3.14. The predicted octanol–water partition coefficient (Wildman–Crippen LogP) is 0.583. The fraction of sp³-hybridized carbons (Fsp3) is 0.467. The van der Waals surface area contributed by atoms with E-state index in [-0.39, 0.29) is 16.7 Å². The van der Waals surface area contributed by atoms with E-state index in [0.717, 1.165) is 17.1 Å². The van der Waals surface area contributed by atoms with E-state index < -0.39 is 10.0 Å². The fourth-order valence-electron chi connectivity index (χ4n) is 1.83. The molecule has 0 aromatic heterocycles. The van der Waals surface area contributed by atoms with Gasteiger partial charge in [-0.15, -0.1) is 0 Å². The molecular formula is C15H23N3O4S. The highest BCUT2D eigenvalue weighted by atomic mass is 32.2. The van der Waals surface area contributed by atoms with Crippen LogP contribution in [0.2, 0.25) is 0 Å². The van der Waals surface area contributed by atoms with E-state index in [4.69, 9.17) is 0 Å². The molecule has 23 heavy (non-hydrogen) atoms. The Labute approximate surface area is 137 Å². The van der Waals surface area contributed by atoms with E-state index in [1.54, 1.807) is 12.1 Å². The number of hydrogen-bond acceptors (Lipinski definition) is 4. The Hall–Kier alpha value is -1.93. The molecule has 0 saturated carbocycles. The number of carbonyl (C=O) groups excluding carboxylic acids is 2. The zero-order valence-corrected chi connectivity index (χ0v) is 14.4. The van der Waals surface area contributed by atoms with E-state index in [9.17, 15) is 18.0 Å². The average molecular weight is 341 g/mol. The van der Waals surface area contributed by atoms with Gasteiger partial charge in [0, 0.05) is 39.7 Å². The first-order valence-corrected chi connectivity index (χ1v) is 8.74. The summed E-state index contributed by atoms with van der Waals surface area (Å²) >= 11 is 0. The van der Waals surface area contributed by atoms with Crippen LogP contribution in [0.4, 0.5) is 0 Å². The molecule has 0 fully saturated rings. The number of hydrogen-bond donors (Lipinski definition) is 2. The van der Waals surface area contributed by atoms with Crippen LogP contribution in [0, 0.1) is 0 Å². The van der Waals surface area contributed by atoms with Crippen LogP contribution in [0.5, 0.6) is 0 Å². The number of unbranched alkanes of at least 4 members (excludes halogenated alkanes) is 1. The zero-order chi connectivity index (χ0) is 17.5. The van der Waals surface area contributed by atoms with Crippen molar-refractivity contribution in [1.29, 1.82) is 0 Å². The Morgan fingerprint density at radius 3 is 2.26 bits per heavy atom. The summed E-state index contributed by atoms with van der Waals surface area (Å²) in [4.78, 5) is 22.8. The quantitative estimate of drug-likeness (QED) is 0.676. The van der Waals surface area contributed by atoms with Crippen molar-refractivity contribution in [1.82, 2.24) is 14.9 Å². The molecule has 0 spiro atoms. The number of carbonyl (C=O) groups is 2. The molecule has 2 N–H and O–H groups in total. The Kier molecular flexibility index (Phi) is 7.18. The molecule has 0 aliphatic heterocycles. The van der Waals surface area contributed by atoms with Gasteiger partial charge in [0.2, 0.25) is 15.9 Å². The smallest absolute Gasteiger partial charge is 0.251 e. The molecule has 8 heteroatoms. The van der Waals surface area contributed by atoms with Gasteiger partial charge in [0.05, 0.1) is 4.90 Å². The van der Waals surface area contributed by atoms with Crippen molar-refractivity contribution in [2.45, 2.75) is 24.7 Å². The number of nitrogens with one attached hydrogen (secondary N) is 2. The number of rotatable bonds is 8. The van der Waals surface area contributed by atoms with Crippen molar-refractivity contribution in [2.24, 2.45) is 0 Å². The van der Waals surface area contributed by atoms with Crippen LogP contribution >= 0.6 is 0 Å². The van der Waals surface area contributed by atoms with Gasteiger partial charge in [-0.2, -0.15) is 0 Å². The molecular weight excluding hydrogens is 318 g/mol. The largest absolute Gasteiger partial charge is 0.356 e. The molecule has 0 atom stereocenters. The second-order valence-electron chi connectivity index (χ2n) is 5.26. The summed E-state index contributed by atoms with van der Waals surface area (Å²) in [6.45, 7) is 2.49. The molecule has 0 bridgehead atoms. The summed E-state index contributed by atoms with van der Waals surface area (Å²) in [6.07, 6.45) is 1.48. The molecule has 0 unspecified atom stereocenters. The Morgan fingerprint density at radius 1 is 1.09 bits per heavy atom. The summed E-state index contributed by atoms with van der Waals surface area (Å²) in [6, 6.07) is 5.94. The summed E-state index contributed by atoms with van der Waals surface area (Å²) in [5, 5.41) is 5.41. The zero-order valence-electron chi connectivity index (χ0n) is 13.6. The maximum absolute atomic E-state index is 12.1. The van der Waals surface area contributed by atoms with E-state index in [1.165, 1.54) is 33.2 Å². The minimum atomic E-state index is -3.56. The molecule has 7 nitrogen and oxygen atoms in total. The molecule has 0 heterocycles. The Balaban J connectivity index is 2.56. The lowest BCUT2D eigenvalue weighted by atomic mass is 10.2. The van der Waals surface area contributed by atoms with Gasteiger partial charge in [-0.05, 0) is 31.0 Å². The fourth-order valence-corrected chi connectivity index (χ4v) is 2.78. The van der Waals surface area contributed by atoms with Crippen LogP contribution in [-0.4, -0.2) is 51.7 Å². The minimum absolute atomic E-state index is 0.0760. The summed E-state index contributed by atoms with van der Waals surface area (Å²) < 4.78 is 25.2. The number of amides is 2. The Bertz CT molecular complexity index is 656. The second-order valence-corrected chi connectivity index (χ2v) is 7.41. The highest BCUT2D eigenvalue weighted by Gasteiger charge is 2.18. The van der Waals surface area contributed by atoms with E-state index in [1.807, 2.05) is 0 Å². The summed E-state index contributed by atoms with van der Waals surface area (Å²) in [7, 11) is -0.677. The molecule has 1 rings (SSSR count). The van der Waals surface area contributed by atoms with Crippen molar-refractivity contribution < 1.29 is 18.0 Å². The van der Waals surface area contributed by atoms with Crippen molar-refractivity contribution in [3.63, 3.8) is 0 Å². The lowest BCUT2D eigenvalue weighted by molar-refractivity contribution is -0.118. The molecule has 128 valence electrons. The van der Waals surface area contributed by atoms with Crippen LogP contribution in [-0.2, 0) is 14.8 Å². The van der Waals surface area contributed by atoms with Gasteiger partial charge in [-0.1, -0.05) is 6.07 Å². The standard InChI is InChI=1S/C15H23N3O4S/c1-12(19)16-9-4-5-10-17-15(20)13-7-6-8-14(11-13)23(21,22)18(2)3/h6-8,11H,4-5,9-10H2,1-3H3,(H,16,19)(H,17,20). The molecule has 1 aromatic carbocycles. The number of nitrogens with zero attached hydrogens (tertiary/aromatic N) is 1. The van der Waals surface area contributed by atoms with Crippen molar-refractivity contribution in [3.8, 4) is 0 Å². The van der Waals surface area contributed by atoms with Gasteiger partial charge >= 0.3 is 0 Å². The lowest BCUT2D eigenvalue weighted by Gasteiger charge is -2.12. The monoisotopic (exact) mass is 341 g/mol. The molecule has 0 radical (unpaired) electrons. The molecule has 1 aromatic rings. The van der Waals surface area contributed by atoms with Gasteiger partial charge in [-0.3, -0.25) is 9.59 Å². The predicted molar refractivity (Wildman–Crippen MR) is 87.6 cm³/mol. The van der Waals surface area contributed by atoms with Crippen molar-refractivity contribution >= 4 is 21.8 Å². The molecule has 0 saturated heterocycles. The summed E-state index contributed by atoms with van der Waals surface area (Å²) in [5.74, 6) is -0.395. The highest BCUT2D eigenvalue weighted by molar-refractivity contribution is 7.89. The van der Waals surface area contributed by atoms with Gasteiger partial charge in [0.15, 0.2) is 0 Å². The summed E-state index contributed by atoms with van der Waals surface area (Å²) in [5.41, 5.74) is 0.301. The van der Waals surface area contributed by atoms with Crippen molar-refractivity contribution in [2.75, 3.05) is 27.2 Å². The van der Waals surface area contributed by atoms with Gasteiger partial charge in [-0.25, -0.2) is 12.7 Å². The SMILES string of the molecule is CC(=O)NCCCCNC(=O)c1cccc(S(=O)(=O)N(C)C)c1. The molecule has 0 aliphatic rings. The van der Waals surface area contributed by atoms with E-state index in [2.05, 4.69) is 10.6 Å². The van der Waals surface area contributed by atoms with Crippen molar-refractivity contribution in [3.05, 3.63) is 29.8 Å². The van der Waals surface area contributed by atoms with Crippen LogP contribution < -0.4 is 10.6 Å². The third-order valence-corrected chi connectivity index (χ3v) is 4.95. The normalized spacial score (nSPS) is 11.3. The van der Waals surface area contributed by atoms with Crippen LogP contribution in [0.3, 0.4) is 0 Å². The number of sulfonamides is 1. The lowest BCUT2D eigenvalue weighted by Crippen LogP contribution is -2.27. The van der Waals surface area contributed by atoms with Crippen LogP contribution in [0.1, 0.15) is 30.1 Å². The first-order valence-electron chi connectivity index (χ1n) is 7.30. The minimum Gasteiger partial charge on any atom is -0.356 e. The highest BCUT2D eigenvalue weighted by Crippen LogP contribution is 2.14. The maximum atomic E-state index is 12.1. The first kappa shape index (κ1) is 19.1.